The topological polar surface area (TPSA) is 52.1 Å². The summed E-state index contributed by atoms with van der Waals surface area (Å²) in [5.41, 5.74) is 5.66. The van der Waals surface area contributed by atoms with E-state index < -0.39 is 13.3 Å². The summed E-state index contributed by atoms with van der Waals surface area (Å²) >= 11 is -2.20. The molecule has 0 fully saturated rings. The number of hydrogen-bond donors (Lipinski definition) is 0. The van der Waals surface area contributed by atoms with Crippen LogP contribution >= 0.6 is 0 Å². The summed E-state index contributed by atoms with van der Waals surface area (Å²) in [4.78, 5) is 9.93. The molecule has 3 heterocycles. The van der Waals surface area contributed by atoms with Crippen molar-refractivity contribution >= 4 is 61.7 Å². The number of hydrogen-bond acceptors (Lipinski definition) is 4. The van der Waals surface area contributed by atoms with Gasteiger partial charge in [-0.25, -0.2) is 0 Å². The van der Waals surface area contributed by atoms with E-state index in [-0.39, 0.29) is 0 Å². The number of para-hydroxylation sites is 2. The molecule has 0 N–H and O–H groups in total. The van der Waals surface area contributed by atoms with Gasteiger partial charge in [0.15, 0.2) is 0 Å². The van der Waals surface area contributed by atoms with Crippen LogP contribution in [0.2, 0.25) is 17.3 Å². The fraction of sp³-hybridized carbons (Fsp3) is 0.214. The van der Waals surface area contributed by atoms with E-state index in [2.05, 4.69) is 67.5 Å². The fourth-order valence-corrected chi connectivity index (χ4v) is 8.22. The van der Waals surface area contributed by atoms with Crippen LogP contribution < -0.4 is 4.53 Å². The van der Waals surface area contributed by atoms with Crippen LogP contribution in [0.3, 0.4) is 0 Å². The van der Waals surface area contributed by atoms with Crippen LogP contribution in [0.25, 0.3) is 55.3 Å². The molecular weight excluding hydrogens is 469 g/mol. The van der Waals surface area contributed by atoms with Crippen molar-refractivity contribution in [2.24, 2.45) is 0 Å². The predicted octanol–water partition coefficient (Wildman–Crippen LogP) is 7.61. The van der Waals surface area contributed by atoms with E-state index in [4.69, 9.17) is 18.8 Å². The number of fused-ring (bicyclic) bond motifs is 6. The van der Waals surface area contributed by atoms with Gasteiger partial charge in [-0.2, -0.15) is 0 Å². The van der Waals surface area contributed by atoms with Crippen LogP contribution in [0.4, 0.5) is 0 Å². The van der Waals surface area contributed by atoms with Crippen molar-refractivity contribution in [3.05, 3.63) is 66.4 Å². The Balaban J connectivity index is 1.61. The monoisotopic (exact) mass is 496 g/mol. The summed E-state index contributed by atoms with van der Waals surface area (Å²) in [6.45, 7) is 4.43. The van der Waals surface area contributed by atoms with Gasteiger partial charge in [0.1, 0.15) is 0 Å². The molecule has 0 saturated heterocycles. The molecular formula is C28H26GeN2O2. The van der Waals surface area contributed by atoms with Crippen molar-refractivity contribution < 1.29 is 8.83 Å². The number of benzene rings is 3. The molecule has 3 aromatic carbocycles. The third-order valence-electron chi connectivity index (χ3n) is 6.39. The Kier molecular flexibility index (Phi) is 4.46. The minimum atomic E-state index is -2.20. The maximum absolute atomic E-state index is 6.46. The van der Waals surface area contributed by atoms with Crippen molar-refractivity contribution in [2.75, 3.05) is 0 Å². The predicted molar refractivity (Wildman–Crippen MR) is 139 cm³/mol. The maximum atomic E-state index is 6.46. The summed E-state index contributed by atoms with van der Waals surface area (Å²) in [6, 6.07) is 18.5. The Bertz CT molecular complexity index is 1690. The van der Waals surface area contributed by atoms with Gasteiger partial charge in [-0.3, -0.25) is 0 Å². The molecule has 6 rings (SSSR count). The first-order valence-corrected chi connectivity index (χ1v) is 18.8. The van der Waals surface area contributed by atoms with Crippen molar-refractivity contribution in [1.82, 2.24) is 9.97 Å². The van der Waals surface area contributed by atoms with Crippen LogP contribution in [0.15, 0.2) is 69.6 Å². The van der Waals surface area contributed by atoms with Gasteiger partial charge < -0.3 is 0 Å². The first-order chi connectivity index (χ1) is 15.8. The Labute approximate surface area is 195 Å². The number of furan rings is 2. The second-order valence-corrected chi connectivity index (χ2v) is 20.6. The molecule has 4 nitrogen and oxygen atoms in total. The van der Waals surface area contributed by atoms with E-state index >= 15 is 0 Å². The summed E-state index contributed by atoms with van der Waals surface area (Å²) in [5.74, 6) is 8.32. The van der Waals surface area contributed by atoms with Gasteiger partial charge in [-0.1, -0.05) is 6.07 Å². The zero-order chi connectivity index (χ0) is 22.9. The van der Waals surface area contributed by atoms with Crippen LogP contribution in [0, 0.1) is 0 Å². The Morgan fingerprint density at radius 2 is 1.45 bits per heavy atom. The minimum absolute atomic E-state index is 0.408. The molecule has 33 heavy (non-hydrogen) atoms. The van der Waals surface area contributed by atoms with Gasteiger partial charge in [0.05, 0.1) is 0 Å². The second-order valence-electron chi connectivity index (χ2n) is 10.1. The van der Waals surface area contributed by atoms with Gasteiger partial charge >= 0.3 is 189 Å². The molecule has 0 aliphatic rings. The Hall–Kier alpha value is -3.12. The molecule has 0 radical (unpaired) electrons. The van der Waals surface area contributed by atoms with E-state index in [0.29, 0.717) is 5.92 Å². The van der Waals surface area contributed by atoms with E-state index in [1.54, 1.807) is 0 Å². The van der Waals surface area contributed by atoms with Gasteiger partial charge in [0.25, 0.3) is 0 Å². The molecule has 0 amide bonds. The van der Waals surface area contributed by atoms with E-state index in [0.717, 1.165) is 55.3 Å². The molecule has 3 aromatic heterocycles. The first-order valence-electron chi connectivity index (χ1n) is 11.5. The zero-order valence-corrected chi connectivity index (χ0v) is 21.7. The molecule has 0 unspecified atom stereocenters. The summed E-state index contributed by atoms with van der Waals surface area (Å²) in [7, 11) is 0. The Morgan fingerprint density at radius 1 is 0.758 bits per heavy atom. The van der Waals surface area contributed by atoms with Crippen molar-refractivity contribution in [1.29, 1.82) is 0 Å². The van der Waals surface area contributed by atoms with Crippen molar-refractivity contribution in [3.63, 3.8) is 0 Å². The molecule has 164 valence electrons. The molecule has 0 aliphatic heterocycles. The zero-order valence-electron chi connectivity index (χ0n) is 19.6. The van der Waals surface area contributed by atoms with E-state index in [1.165, 1.54) is 10.1 Å². The molecule has 0 aliphatic carbocycles. The summed E-state index contributed by atoms with van der Waals surface area (Å²) in [5, 5.41) is 4.27. The molecule has 0 bridgehead atoms. The Morgan fingerprint density at radius 3 is 2.21 bits per heavy atom. The molecule has 0 saturated carbocycles. The van der Waals surface area contributed by atoms with E-state index in [1.807, 2.05) is 24.4 Å². The van der Waals surface area contributed by atoms with Crippen molar-refractivity contribution in [3.8, 4) is 11.4 Å². The van der Waals surface area contributed by atoms with Crippen LogP contribution in [-0.2, 0) is 0 Å². The summed E-state index contributed by atoms with van der Waals surface area (Å²) < 4.78 is 13.9. The normalized spacial score (nSPS) is 12.7. The number of aromatic nitrogens is 2. The fourth-order valence-electron chi connectivity index (χ4n) is 4.74. The third-order valence-corrected chi connectivity index (χ3v) is 10.2. The quantitative estimate of drug-likeness (QED) is 0.237. The van der Waals surface area contributed by atoms with Crippen LogP contribution in [0.1, 0.15) is 25.3 Å². The molecule has 0 atom stereocenters. The standard InChI is InChI=1S/C28H26GeN2O2/c1-16(2)22-15-30-28(31-27(22)29(3,4)5)19-11-8-10-18-21-14-24-20(13-25(21)33-26(18)19)17-9-6-7-12-23(17)32-24/h6-16H,1-5H3. The number of nitrogens with zero attached hydrogens (tertiary/aromatic N) is 2. The third kappa shape index (κ3) is 3.19. The number of rotatable bonds is 3. The average molecular weight is 495 g/mol. The van der Waals surface area contributed by atoms with E-state index in [9.17, 15) is 0 Å². The van der Waals surface area contributed by atoms with Gasteiger partial charge in [-0.05, 0) is 0 Å². The average Bonchev–Trinajstić information content (AvgIpc) is 3.33. The summed E-state index contributed by atoms with van der Waals surface area (Å²) in [6.07, 6.45) is 2.03. The first kappa shape index (κ1) is 20.5. The molecule has 6 aromatic rings. The second kappa shape index (κ2) is 7.19. The molecule has 5 heteroatoms. The van der Waals surface area contributed by atoms with Crippen LogP contribution in [-0.4, -0.2) is 23.2 Å². The van der Waals surface area contributed by atoms with Gasteiger partial charge in [0.2, 0.25) is 0 Å². The van der Waals surface area contributed by atoms with Gasteiger partial charge in [0, 0.05) is 0 Å². The van der Waals surface area contributed by atoms with Gasteiger partial charge in [-0.15, -0.1) is 0 Å². The SMILES string of the molecule is CC(C)c1cnc(-c2cccc3c2oc2cc4c(cc23)oc2ccccc24)n[c]1[Ge]([CH3])([CH3])[CH3]. The molecule has 0 spiro atoms. The van der Waals surface area contributed by atoms with Crippen molar-refractivity contribution in [2.45, 2.75) is 37.0 Å². The van der Waals surface area contributed by atoms with Crippen LogP contribution in [0.5, 0.6) is 0 Å².